The molecule has 25 heavy (non-hydrogen) atoms. The number of fused-ring (bicyclic) bond motifs is 2. The van der Waals surface area contributed by atoms with Gasteiger partial charge in [0.15, 0.2) is 0 Å². The molecule has 0 saturated heterocycles. The molecule has 1 N–H and O–H groups in total. The summed E-state index contributed by atoms with van der Waals surface area (Å²) in [5, 5.41) is 14.2. The number of nitro benzene ring substituents is 1. The van der Waals surface area contributed by atoms with Gasteiger partial charge in [0.25, 0.3) is 5.69 Å². The van der Waals surface area contributed by atoms with Crippen molar-refractivity contribution in [1.82, 2.24) is 0 Å². The lowest BCUT2D eigenvalue weighted by molar-refractivity contribution is -0.384. The van der Waals surface area contributed by atoms with Crippen molar-refractivity contribution in [3.8, 4) is 0 Å². The fraction of sp³-hybridized carbons (Fsp3) is 0.278. The van der Waals surface area contributed by atoms with E-state index in [1.165, 1.54) is 12.1 Å². The molecule has 4 rings (SSSR count). The summed E-state index contributed by atoms with van der Waals surface area (Å²) in [6, 6.07) is 10.7. The Kier molecular flexibility index (Phi) is 3.45. The van der Waals surface area contributed by atoms with Crippen molar-refractivity contribution >= 4 is 17.3 Å². The molecule has 6 nitrogen and oxygen atoms in total. The van der Waals surface area contributed by atoms with E-state index in [0.717, 1.165) is 11.6 Å². The molecule has 2 atom stereocenters. The molecular formula is C18H15FN2O4. The van der Waals surface area contributed by atoms with Gasteiger partial charge in [0.1, 0.15) is 17.1 Å². The first-order valence-corrected chi connectivity index (χ1v) is 8.02. The number of nitro groups is 1. The quantitative estimate of drug-likeness (QED) is 0.522. The number of ether oxygens (including phenoxy) is 1. The highest BCUT2D eigenvalue weighted by Gasteiger charge is 2.50. The van der Waals surface area contributed by atoms with Crippen LogP contribution in [0.15, 0.2) is 42.5 Å². The Morgan fingerprint density at radius 2 is 2.08 bits per heavy atom. The predicted molar refractivity (Wildman–Crippen MR) is 87.9 cm³/mol. The molecule has 0 bridgehead atoms. The van der Waals surface area contributed by atoms with E-state index in [0.29, 0.717) is 24.8 Å². The van der Waals surface area contributed by atoms with Crippen LogP contribution >= 0.6 is 0 Å². The van der Waals surface area contributed by atoms with Crippen LogP contribution in [-0.2, 0) is 10.3 Å². The average Bonchev–Trinajstić information content (AvgIpc) is 3.11. The van der Waals surface area contributed by atoms with Gasteiger partial charge in [-0.05, 0) is 31.0 Å². The number of hydrogen-bond donors (Lipinski definition) is 1. The maximum atomic E-state index is 13.3. The van der Waals surface area contributed by atoms with Crippen LogP contribution in [0.2, 0.25) is 0 Å². The van der Waals surface area contributed by atoms with Crippen molar-refractivity contribution in [2.24, 2.45) is 0 Å². The number of nitrogens with one attached hydrogen (secondary N) is 1. The fourth-order valence-corrected chi connectivity index (χ4v) is 3.81. The molecule has 1 aliphatic carbocycles. The summed E-state index contributed by atoms with van der Waals surface area (Å²) in [4.78, 5) is 22.6. The molecule has 1 saturated carbocycles. The topological polar surface area (TPSA) is 81.5 Å². The molecule has 2 aromatic carbocycles. The first-order valence-electron chi connectivity index (χ1n) is 8.02. The van der Waals surface area contributed by atoms with E-state index in [1.54, 1.807) is 12.1 Å². The molecule has 1 fully saturated rings. The van der Waals surface area contributed by atoms with Crippen molar-refractivity contribution in [3.05, 3.63) is 69.5 Å². The Balaban J connectivity index is 1.59. The second kappa shape index (κ2) is 5.54. The number of halogens is 1. The number of carbonyl (C=O) groups is 1. The van der Waals surface area contributed by atoms with E-state index in [-0.39, 0.29) is 23.4 Å². The van der Waals surface area contributed by atoms with Gasteiger partial charge in [-0.25, -0.2) is 9.18 Å². The molecule has 0 radical (unpaired) electrons. The molecule has 1 aliphatic heterocycles. The molecule has 2 unspecified atom stereocenters. The van der Waals surface area contributed by atoms with Crippen LogP contribution in [-0.4, -0.2) is 16.9 Å². The molecule has 1 spiro atoms. The number of carbonyl (C=O) groups excluding carboxylic acids is 1. The molecule has 2 aromatic rings. The van der Waals surface area contributed by atoms with Crippen LogP contribution in [0.4, 0.5) is 15.8 Å². The molecular weight excluding hydrogens is 327 g/mol. The second-order valence-electron chi connectivity index (χ2n) is 6.43. The second-order valence-corrected chi connectivity index (χ2v) is 6.43. The minimum absolute atomic E-state index is 0.108. The number of nitrogens with zero attached hydrogens (tertiary/aromatic N) is 1. The van der Waals surface area contributed by atoms with E-state index < -0.39 is 16.3 Å². The Labute approximate surface area is 142 Å². The zero-order valence-corrected chi connectivity index (χ0v) is 13.2. The molecule has 128 valence electrons. The summed E-state index contributed by atoms with van der Waals surface area (Å²) in [7, 11) is 0. The van der Waals surface area contributed by atoms with Gasteiger partial charge < -0.3 is 10.1 Å². The number of benzene rings is 2. The third kappa shape index (κ3) is 2.52. The maximum absolute atomic E-state index is 13.3. The van der Waals surface area contributed by atoms with Gasteiger partial charge in [-0.15, -0.1) is 0 Å². The number of hydrogen-bond acceptors (Lipinski definition) is 5. The lowest BCUT2D eigenvalue weighted by atomic mass is 9.90. The van der Waals surface area contributed by atoms with E-state index >= 15 is 0 Å². The smallest absolute Gasteiger partial charge is 0.339 e. The van der Waals surface area contributed by atoms with Gasteiger partial charge in [-0.3, -0.25) is 10.1 Å². The fourth-order valence-electron chi connectivity index (χ4n) is 3.81. The van der Waals surface area contributed by atoms with Gasteiger partial charge in [-0.1, -0.05) is 18.2 Å². The van der Waals surface area contributed by atoms with Crippen LogP contribution < -0.4 is 5.32 Å². The third-order valence-electron chi connectivity index (χ3n) is 4.91. The summed E-state index contributed by atoms with van der Waals surface area (Å²) >= 11 is 0. The minimum atomic E-state index is -0.680. The van der Waals surface area contributed by atoms with E-state index in [9.17, 15) is 19.3 Å². The summed E-state index contributed by atoms with van der Waals surface area (Å²) in [5.41, 5.74) is 0.741. The van der Waals surface area contributed by atoms with Crippen LogP contribution in [0.3, 0.4) is 0 Å². The zero-order chi connectivity index (χ0) is 17.6. The SMILES string of the molecule is O=C1OC2(CCC(Nc3ccc(F)cc3[N+](=O)[O-])C2)c2ccccc21. The Bertz CT molecular complexity index is 885. The summed E-state index contributed by atoms with van der Waals surface area (Å²) in [6.45, 7) is 0. The largest absolute Gasteiger partial charge is 0.450 e. The average molecular weight is 342 g/mol. The van der Waals surface area contributed by atoms with Crippen molar-refractivity contribution in [3.63, 3.8) is 0 Å². The first kappa shape index (κ1) is 15.6. The number of anilines is 1. The van der Waals surface area contributed by atoms with Crippen molar-refractivity contribution in [1.29, 1.82) is 0 Å². The van der Waals surface area contributed by atoms with Crippen molar-refractivity contribution in [2.45, 2.75) is 30.9 Å². The van der Waals surface area contributed by atoms with Crippen LogP contribution in [0.5, 0.6) is 0 Å². The van der Waals surface area contributed by atoms with Crippen molar-refractivity contribution < 1.29 is 18.8 Å². The summed E-state index contributed by atoms with van der Waals surface area (Å²) < 4.78 is 19.0. The molecule has 0 amide bonds. The Hall–Kier alpha value is -2.96. The third-order valence-corrected chi connectivity index (χ3v) is 4.91. The highest BCUT2D eigenvalue weighted by molar-refractivity contribution is 5.94. The molecule has 0 aromatic heterocycles. The highest BCUT2D eigenvalue weighted by Crippen LogP contribution is 2.48. The molecule has 1 heterocycles. The highest BCUT2D eigenvalue weighted by atomic mass is 19.1. The number of esters is 1. The number of rotatable bonds is 3. The lowest BCUT2D eigenvalue weighted by Crippen LogP contribution is -2.25. The Morgan fingerprint density at radius 1 is 1.28 bits per heavy atom. The Morgan fingerprint density at radius 3 is 2.88 bits per heavy atom. The summed E-state index contributed by atoms with van der Waals surface area (Å²) in [6.07, 6.45) is 1.85. The van der Waals surface area contributed by atoms with Crippen LogP contribution in [0.1, 0.15) is 35.2 Å². The minimum Gasteiger partial charge on any atom is -0.450 e. The molecule has 2 aliphatic rings. The van der Waals surface area contributed by atoms with E-state index in [1.807, 2.05) is 12.1 Å². The van der Waals surface area contributed by atoms with Gasteiger partial charge in [0, 0.05) is 18.0 Å². The zero-order valence-electron chi connectivity index (χ0n) is 13.2. The van der Waals surface area contributed by atoms with Gasteiger partial charge in [0.2, 0.25) is 0 Å². The van der Waals surface area contributed by atoms with Gasteiger partial charge in [0.05, 0.1) is 16.6 Å². The van der Waals surface area contributed by atoms with Crippen LogP contribution in [0, 0.1) is 15.9 Å². The molecule has 7 heteroatoms. The van der Waals surface area contributed by atoms with E-state index in [4.69, 9.17) is 4.74 Å². The monoisotopic (exact) mass is 342 g/mol. The lowest BCUT2D eigenvalue weighted by Gasteiger charge is -2.24. The summed E-state index contributed by atoms with van der Waals surface area (Å²) in [5.74, 6) is -0.984. The first-order chi connectivity index (χ1) is 12.0. The van der Waals surface area contributed by atoms with Crippen molar-refractivity contribution in [2.75, 3.05) is 5.32 Å². The van der Waals surface area contributed by atoms with Gasteiger partial charge >= 0.3 is 5.97 Å². The van der Waals surface area contributed by atoms with Gasteiger partial charge in [-0.2, -0.15) is 0 Å². The predicted octanol–water partition coefficient (Wildman–Crippen LogP) is 3.76. The standard InChI is InChI=1S/C18H15FN2O4/c19-11-5-6-15(16(9-11)21(23)24)20-12-7-8-18(10-12)14-4-2-1-3-13(14)17(22)25-18/h1-6,9,12,20H,7-8,10H2. The maximum Gasteiger partial charge on any atom is 0.339 e. The normalized spacial score (nSPS) is 24.2. The van der Waals surface area contributed by atoms with Crippen LogP contribution in [0.25, 0.3) is 0 Å². The van der Waals surface area contributed by atoms with E-state index in [2.05, 4.69) is 5.32 Å².